The van der Waals surface area contributed by atoms with Crippen LogP contribution >= 0.6 is 11.6 Å². The first kappa shape index (κ1) is 13.4. The number of hydrogen-bond acceptors (Lipinski definition) is 3. The molecule has 5 nitrogen and oxygen atoms in total. The highest BCUT2D eigenvalue weighted by Crippen LogP contribution is 2.15. The summed E-state index contributed by atoms with van der Waals surface area (Å²) in [5.41, 5.74) is 6.50. The topological polar surface area (TPSA) is 70.2 Å². The highest BCUT2D eigenvalue weighted by atomic mass is 35.5. The van der Waals surface area contributed by atoms with Gasteiger partial charge in [-0.25, -0.2) is 0 Å². The number of nitrogens with one attached hydrogen (secondary N) is 3. The van der Waals surface area contributed by atoms with Gasteiger partial charge in [0.25, 0.3) is 0 Å². The molecular weight excluding hydrogens is 266 g/mol. The zero-order chi connectivity index (χ0) is 13.7. The molecule has 1 aliphatic carbocycles. The molecule has 100 valence electrons. The molecular formula is C13H14ClN3O2. The van der Waals surface area contributed by atoms with Crippen LogP contribution in [0.1, 0.15) is 19.3 Å². The van der Waals surface area contributed by atoms with Crippen LogP contribution in [0, 0.1) is 0 Å². The Labute approximate surface area is 116 Å². The molecule has 0 aliphatic heterocycles. The first-order valence-electron chi connectivity index (χ1n) is 5.97. The van der Waals surface area contributed by atoms with Crippen LogP contribution in [-0.2, 0) is 9.59 Å². The fourth-order valence-corrected chi connectivity index (χ4v) is 1.92. The van der Waals surface area contributed by atoms with Crippen molar-refractivity contribution in [2.45, 2.75) is 19.3 Å². The summed E-state index contributed by atoms with van der Waals surface area (Å²) < 4.78 is 0. The summed E-state index contributed by atoms with van der Waals surface area (Å²) in [6.07, 6.45) is 4.94. The Morgan fingerprint density at radius 2 is 2.05 bits per heavy atom. The monoisotopic (exact) mass is 279 g/mol. The quantitative estimate of drug-likeness (QED) is 0.585. The zero-order valence-corrected chi connectivity index (χ0v) is 11.0. The molecule has 0 atom stereocenters. The summed E-state index contributed by atoms with van der Waals surface area (Å²) in [6, 6.07) is 6.60. The van der Waals surface area contributed by atoms with Gasteiger partial charge in [0.05, 0.1) is 0 Å². The van der Waals surface area contributed by atoms with Gasteiger partial charge in [-0.05, 0) is 37.5 Å². The Morgan fingerprint density at radius 1 is 1.21 bits per heavy atom. The first-order valence-corrected chi connectivity index (χ1v) is 6.35. The lowest BCUT2D eigenvalue weighted by atomic mass is 10.3. The molecule has 19 heavy (non-hydrogen) atoms. The average molecular weight is 280 g/mol. The maximum Gasteiger partial charge on any atom is 0.327 e. The number of benzene rings is 1. The molecule has 0 fully saturated rings. The van der Waals surface area contributed by atoms with Crippen LogP contribution in [-0.4, -0.2) is 11.8 Å². The number of hydrogen-bond donors (Lipinski definition) is 3. The summed E-state index contributed by atoms with van der Waals surface area (Å²) in [6.45, 7) is 0. The molecule has 0 saturated carbocycles. The Kier molecular flexibility index (Phi) is 4.41. The van der Waals surface area contributed by atoms with Crippen LogP contribution in [0.4, 0.5) is 5.69 Å². The summed E-state index contributed by atoms with van der Waals surface area (Å²) in [4.78, 5) is 23.1. The molecule has 0 aromatic heterocycles. The molecule has 1 aliphatic rings. The van der Waals surface area contributed by atoms with Gasteiger partial charge >= 0.3 is 11.8 Å². The van der Waals surface area contributed by atoms with Crippen LogP contribution in [0.2, 0.25) is 5.02 Å². The molecule has 1 aromatic carbocycles. The molecule has 3 N–H and O–H groups in total. The van der Waals surface area contributed by atoms with Crippen molar-refractivity contribution in [3.63, 3.8) is 0 Å². The largest absolute Gasteiger partial charge is 0.327 e. The Bertz CT molecular complexity index is 528. The van der Waals surface area contributed by atoms with Gasteiger partial charge in [0.1, 0.15) is 0 Å². The predicted molar refractivity (Wildman–Crippen MR) is 73.3 cm³/mol. The third-order valence-electron chi connectivity index (χ3n) is 2.67. The van der Waals surface area contributed by atoms with E-state index in [0.29, 0.717) is 10.7 Å². The van der Waals surface area contributed by atoms with E-state index in [1.165, 1.54) is 0 Å². The van der Waals surface area contributed by atoms with E-state index < -0.39 is 11.8 Å². The van der Waals surface area contributed by atoms with E-state index in [9.17, 15) is 9.59 Å². The number of hydrazine groups is 1. The standard InChI is InChI=1S/C13H14ClN3O2/c14-9-4-3-7-11(8-9)15-12(18)13(19)17-16-10-5-1-2-6-10/h3-5,7-8,16H,1-2,6H2,(H,15,18)(H,17,19). The van der Waals surface area contributed by atoms with Gasteiger partial charge in [-0.15, -0.1) is 0 Å². The fourth-order valence-electron chi connectivity index (χ4n) is 1.73. The molecule has 2 amide bonds. The van der Waals surface area contributed by atoms with E-state index in [1.54, 1.807) is 24.3 Å². The second-order valence-electron chi connectivity index (χ2n) is 4.17. The Balaban J connectivity index is 1.83. The summed E-state index contributed by atoms with van der Waals surface area (Å²) in [5.74, 6) is -1.49. The smallest absolute Gasteiger partial charge is 0.318 e. The summed E-state index contributed by atoms with van der Waals surface area (Å²) in [7, 11) is 0. The van der Waals surface area contributed by atoms with Gasteiger partial charge in [0.15, 0.2) is 0 Å². The van der Waals surface area contributed by atoms with Crippen molar-refractivity contribution in [3.8, 4) is 0 Å². The highest BCUT2D eigenvalue weighted by molar-refractivity contribution is 6.39. The van der Waals surface area contributed by atoms with Crippen molar-refractivity contribution in [3.05, 3.63) is 41.1 Å². The van der Waals surface area contributed by atoms with E-state index in [-0.39, 0.29) is 0 Å². The van der Waals surface area contributed by atoms with Gasteiger partial charge in [-0.3, -0.25) is 15.0 Å². The Hall–Kier alpha value is -2.01. The molecule has 0 unspecified atom stereocenters. The lowest BCUT2D eigenvalue weighted by Gasteiger charge is -2.09. The number of amides is 2. The first-order chi connectivity index (χ1) is 9.15. The number of anilines is 1. The normalized spacial score (nSPS) is 13.6. The third-order valence-corrected chi connectivity index (χ3v) is 2.90. The fraction of sp³-hybridized carbons (Fsp3) is 0.231. The lowest BCUT2D eigenvalue weighted by molar-refractivity contribution is -0.136. The average Bonchev–Trinajstić information content (AvgIpc) is 2.89. The molecule has 0 saturated heterocycles. The van der Waals surface area contributed by atoms with Crippen molar-refractivity contribution in [1.29, 1.82) is 0 Å². The van der Waals surface area contributed by atoms with Crippen LogP contribution in [0.25, 0.3) is 0 Å². The highest BCUT2D eigenvalue weighted by Gasteiger charge is 2.14. The van der Waals surface area contributed by atoms with Gasteiger partial charge in [0, 0.05) is 16.4 Å². The van der Waals surface area contributed by atoms with Crippen molar-refractivity contribution >= 4 is 29.1 Å². The molecule has 1 aromatic rings. The second kappa shape index (κ2) is 6.24. The van der Waals surface area contributed by atoms with Crippen LogP contribution < -0.4 is 16.2 Å². The van der Waals surface area contributed by atoms with Crippen molar-refractivity contribution in [2.24, 2.45) is 0 Å². The minimum atomic E-state index is -0.743. The minimum Gasteiger partial charge on any atom is -0.318 e. The maximum absolute atomic E-state index is 11.6. The van der Waals surface area contributed by atoms with Crippen LogP contribution in [0.3, 0.4) is 0 Å². The zero-order valence-electron chi connectivity index (χ0n) is 10.2. The Morgan fingerprint density at radius 3 is 2.74 bits per heavy atom. The molecule has 0 heterocycles. The van der Waals surface area contributed by atoms with Crippen molar-refractivity contribution in [2.75, 3.05) is 5.32 Å². The van der Waals surface area contributed by atoms with E-state index in [1.807, 2.05) is 6.08 Å². The SMILES string of the molecule is O=C(NNC1=CCCC1)C(=O)Nc1cccc(Cl)c1. The molecule has 0 spiro atoms. The lowest BCUT2D eigenvalue weighted by Crippen LogP contribution is -2.43. The number of carbonyl (C=O) groups is 2. The van der Waals surface area contributed by atoms with E-state index >= 15 is 0 Å². The van der Waals surface area contributed by atoms with E-state index in [4.69, 9.17) is 11.6 Å². The van der Waals surface area contributed by atoms with E-state index in [2.05, 4.69) is 16.2 Å². The molecule has 2 rings (SSSR count). The van der Waals surface area contributed by atoms with Crippen molar-refractivity contribution < 1.29 is 9.59 Å². The molecule has 0 radical (unpaired) electrons. The van der Waals surface area contributed by atoms with Gasteiger partial charge < -0.3 is 10.7 Å². The number of allylic oxidation sites excluding steroid dienone is 2. The summed E-state index contributed by atoms with van der Waals surface area (Å²) in [5, 5.41) is 2.96. The number of halogens is 1. The van der Waals surface area contributed by atoms with Gasteiger partial charge in [-0.1, -0.05) is 23.7 Å². The second-order valence-corrected chi connectivity index (χ2v) is 4.60. The number of rotatable bonds is 3. The minimum absolute atomic E-state index is 0.479. The predicted octanol–water partition coefficient (Wildman–Crippen LogP) is 1.97. The summed E-state index contributed by atoms with van der Waals surface area (Å²) >= 11 is 5.78. The van der Waals surface area contributed by atoms with Crippen LogP contribution in [0.5, 0.6) is 0 Å². The number of carbonyl (C=O) groups excluding carboxylic acids is 2. The van der Waals surface area contributed by atoms with Gasteiger partial charge in [0.2, 0.25) is 0 Å². The van der Waals surface area contributed by atoms with Crippen molar-refractivity contribution in [1.82, 2.24) is 10.9 Å². The third kappa shape index (κ3) is 3.99. The van der Waals surface area contributed by atoms with Gasteiger partial charge in [-0.2, -0.15) is 0 Å². The van der Waals surface area contributed by atoms with E-state index in [0.717, 1.165) is 25.0 Å². The maximum atomic E-state index is 11.6. The molecule has 0 bridgehead atoms. The van der Waals surface area contributed by atoms with Crippen LogP contribution in [0.15, 0.2) is 36.0 Å². The molecule has 6 heteroatoms.